The summed E-state index contributed by atoms with van der Waals surface area (Å²) in [4.78, 5) is 14.2. The Kier molecular flexibility index (Phi) is 5.52. The molecule has 3 N–H and O–H groups in total. The average molecular weight is 277 g/mol. The number of nitrogens with one attached hydrogen (secondary N) is 1. The third kappa shape index (κ3) is 4.30. The molecule has 1 fully saturated rings. The van der Waals surface area contributed by atoms with Crippen molar-refractivity contribution in [1.29, 1.82) is 0 Å². The van der Waals surface area contributed by atoms with Crippen molar-refractivity contribution >= 4 is 11.6 Å². The molecule has 0 aliphatic carbocycles. The SMILES string of the molecule is CCC1CN(CC(=O)Nc2ccc(CN)cc2)CCO1. The quantitative estimate of drug-likeness (QED) is 0.848. The van der Waals surface area contributed by atoms with Crippen molar-refractivity contribution in [3.8, 4) is 0 Å². The molecule has 1 aliphatic rings. The van der Waals surface area contributed by atoms with Gasteiger partial charge in [0.15, 0.2) is 0 Å². The molecule has 1 saturated heterocycles. The first-order valence-corrected chi connectivity index (χ1v) is 7.14. The highest BCUT2D eigenvalue weighted by Crippen LogP contribution is 2.11. The van der Waals surface area contributed by atoms with Crippen molar-refractivity contribution in [2.24, 2.45) is 5.73 Å². The minimum Gasteiger partial charge on any atom is -0.376 e. The number of hydrogen-bond donors (Lipinski definition) is 2. The van der Waals surface area contributed by atoms with Crippen LogP contribution in [-0.2, 0) is 16.1 Å². The molecule has 0 saturated carbocycles. The predicted octanol–water partition coefficient (Wildman–Crippen LogP) is 1.19. The molecule has 1 amide bonds. The first-order valence-electron chi connectivity index (χ1n) is 7.14. The summed E-state index contributed by atoms with van der Waals surface area (Å²) in [6.07, 6.45) is 1.24. The molecule has 1 unspecified atom stereocenters. The fraction of sp³-hybridized carbons (Fsp3) is 0.533. The summed E-state index contributed by atoms with van der Waals surface area (Å²) in [6.45, 7) is 5.38. The smallest absolute Gasteiger partial charge is 0.238 e. The average Bonchev–Trinajstić information content (AvgIpc) is 2.48. The standard InChI is InChI=1S/C15H23N3O2/c1-2-14-10-18(7-8-20-14)11-15(19)17-13-5-3-12(9-16)4-6-13/h3-6,14H,2,7-11,16H2,1H3,(H,17,19). The van der Waals surface area contributed by atoms with Crippen LogP contribution in [0.5, 0.6) is 0 Å². The van der Waals surface area contributed by atoms with Crippen LogP contribution in [0.25, 0.3) is 0 Å². The zero-order valence-electron chi connectivity index (χ0n) is 12.0. The van der Waals surface area contributed by atoms with Crippen molar-refractivity contribution < 1.29 is 9.53 Å². The maximum atomic E-state index is 12.0. The number of anilines is 1. The molecule has 0 spiro atoms. The van der Waals surface area contributed by atoms with Gasteiger partial charge >= 0.3 is 0 Å². The van der Waals surface area contributed by atoms with Gasteiger partial charge in [-0.2, -0.15) is 0 Å². The lowest BCUT2D eigenvalue weighted by Gasteiger charge is -2.31. The molecular weight excluding hydrogens is 254 g/mol. The van der Waals surface area contributed by atoms with E-state index >= 15 is 0 Å². The second-order valence-corrected chi connectivity index (χ2v) is 5.09. The Morgan fingerprint density at radius 3 is 2.85 bits per heavy atom. The van der Waals surface area contributed by atoms with Crippen molar-refractivity contribution in [1.82, 2.24) is 4.90 Å². The zero-order chi connectivity index (χ0) is 14.4. The van der Waals surface area contributed by atoms with Gasteiger partial charge in [-0.1, -0.05) is 19.1 Å². The molecule has 0 aromatic heterocycles. The van der Waals surface area contributed by atoms with Gasteiger partial charge < -0.3 is 15.8 Å². The van der Waals surface area contributed by atoms with Crippen LogP contribution in [-0.4, -0.2) is 43.2 Å². The number of amides is 1. The summed E-state index contributed by atoms with van der Waals surface area (Å²) in [5, 5.41) is 2.91. The molecule has 1 atom stereocenters. The third-order valence-corrected chi connectivity index (χ3v) is 3.52. The van der Waals surface area contributed by atoms with Crippen molar-refractivity contribution in [3.63, 3.8) is 0 Å². The molecule has 5 heteroatoms. The highest BCUT2D eigenvalue weighted by atomic mass is 16.5. The van der Waals surface area contributed by atoms with Gasteiger partial charge in [0, 0.05) is 25.3 Å². The number of carbonyl (C=O) groups is 1. The lowest BCUT2D eigenvalue weighted by atomic mass is 10.2. The van der Waals surface area contributed by atoms with E-state index in [1.165, 1.54) is 0 Å². The van der Waals surface area contributed by atoms with E-state index in [2.05, 4.69) is 17.1 Å². The van der Waals surface area contributed by atoms with Gasteiger partial charge in [-0.3, -0.25) is 9.69 Å². The third-order valence-electron chi connectivity index (χ3n) is 3.52. The summed E-state index contributed by atoms with van der Waals surface area (Å²) >= 11 is 0. The molecule has 5 nitrogen and oxygen atoms in total. The van der Waals surface area contributed by atoms with Crippen LogP contribution in [0.4, 0.5) is 5.69 Å². The minimum atomic E-state index is 0.0160. The molecule has 20 heavy (non-hydrogen) atoms. The number of hydrogen-bond acceptors (Lipinski definition) is 4. The predicted molar refractivity (Wildman–Crippen MR) is 79.4 cm³/mol. The maximum absolute atomic E-state index is 12.0. The maximum Gasteiger partial charge on any atom is 0.238 e. The van der Waals surface area contributed by atoms with E-state index in [0.717, 1.165) is 30.8 Å². The van der Waals surface area contributed by atoms with E-state index < -0.39 is 0 Å². The van der Waals surface area contributed by atoms with Gasteiger partial charge in [0.1, 0.15) is 0 Å². The Morgan fingerprint density at radius 1 is 1.45 bits per heavy atom. The molecule has 0 bridgehead atoms. The van der Waals surface area contributed by atoms with Crippen LogP contribution >= 0.6 is 0 Å². The van der Waals surface area contributed by atoms with E-state index in [4.69, 9.17) is 10.5 Å². The fourth-order valence-electron chi connectivity index (χ4n) is 2.30. The monoisotopic (exact) mass is 277 g/mol. The summed E-state index contributed by atoms with van der Waals surface area (Å²) in [5.41, 5.74) is 7.42. The Balaban J connectivity index is 1.82. The van der Waals surface area contributed by atoms with Crippen LogP contribution < -0.4 is 11.1 Å². The van der Waals surface area contributed by atoms with Gasteiger partial charge in [-0.15, -0.1) is 0 Å². The van der Waals surface area contributed by atoms with Gasteiger partial charge in [0.2, 0.25) is 5.91 Å². The number of ether oxygens (including phenoxy) is 1. The number of morpholine rings is 1. The molecule has 110 valence electrons. The molecule has 1 aromatic rings. The van der Waals surface area contributed by atoms with Gasteiger partial charge in [0.05, 0.1) is 19.3 Å². The molecule has 1 aliphatic heterocycles. The molecule has 1 aromatic carbocycles. The zero-order valence-corrected chi connectivity index (χ0v) is 12.0. The van der Waals surface area contributed by atoms with Crippen LogP contribution in [0, 0.1) is 0 Å². The summed E-state index contributed by atoms with van der Waals surface area (Å²) < 4.78 is 5.60. The van der Waals surface area contributed by atoms with E-state index in [0.29, 0.717) is 19.7 Å². The normalized spacial score (nSPS) is 19.8. The van der Waals surface area contributed by atoms with E-state index in [1.54, 1.807) is 0 Å². The van der Waals surface area contributed by atoms with Crippen molar-refractivity contribution in [3.05, 3.63) is 29.8 Å². The second-order valence-electron chi connectivity index (χ2n) is 5.09. The molecule has 0 radical (unpaired) electrons. The van der Waals surface area contributed by atoms with Crippen LogP contribution in [0.3, 0.4) is 0 Å². The van der Waals surface area contributed by atoms with Crippen LogP contribution in [0.15, 0.2) is 24.3 Å². The number of rotatable bonds is 5. The lowest BCUT2D eigenvalue weighted by molar-refractivity contribution is -0.119. The topological polar surface area (TPSA) is 67.6 Å². The van der Waals surface area contributed by atoms with Crippen LogP contribution in [0.2, 0.25) is 0 Å². The lowest BCUT2D eigenvalue weighted by Crippen LogP contribution is -2.45. The Bertz CT molecular complexity index is 433. The van der Waals surface area contributed by atoms with Gasteiger partial charge in [0.25, 0.3) is 0 Å². The number of nitrogens with zero attached hydrogens (tertiary/aromatic N) is 1. The van der Waals surface area contributed by atoms with E-state index in [-0.39, 0.29) is 12.0 Å². The Hall–Kier alpha value is -1.43. The van der Waals surface area contributed by atoms with Gasteiger partial charge in [-0.05, 0) is 24.1 Å². The number of nitrogens with two attached hydrogens (primary N) is 1. The van der Waals surface area contributed by atoms with Crippen molar-refractivity contribution in [2.75, 3.05) is 31.6 Å². The summed E-state index contributed by atoms with van der Waals surface area (Å²) in [5.74, 6) is 0.0160. The number of carbonyl (C=O) groups excluding carboxylic acids is 1. The number of benzene rings is 1. The highest BCUT2D eigenvalue weighted by molar-refractivity contribution is 5.92. The van der Waals surface area contributed by atoms with Crippen LogP contribution in [0.1, 0.15) is 18.9 Å². The Morgan fingerprint density at radius 2 is 2.20 bits per heavy atom. The molecular formula is C15H23N3O2. The summed E-state index contributed by atoms with van der Waals surface area (Å²) in [7, 11) is 0. The van der Waals surface area contributed by atoms with E-state index in [1.807, 2.05) is 24.3 Å². The molecule has 2 rings (SSSR count). The second kappa shape index (κ2) is 7.38. The summed E-state index contributed by atoms with van der Waals surface area (Å²) in [6, 6.07) is 7.62. The molecule has 1 heterocycles. The Labute approximate surface area is 120 Å². The minimum absolute atomic E-state index is 0.0160. The van der Waals surface area contributed by atoms with Gasteiger partial charge in [-0.25, -0.2) is 0 Å². The van der Waals surface area contributed by atoms with Crippen molar-refractivity contribution in [2.45, 2.75) is 26.0 Å². The first kappa shape index (κ1) is 15.0. The largest absolute Gasteiger partial charge is 0.376 e. The first-order chi connectivity index (χ1) is 9.71. The highest BCUT2D eigenvalue weighted by Gasteiger charge is 2.20. The van der Waals surface area contributed by atoms with E-state index in [9.17, 15) is 4.79 Å². The fourth-order valence-corrected chi connectivity index (χ4v) is 2.30.